The molecule has 1 aromatic rings. The van der Waals surface area contributed by atoms with Gasteiger partial charge in [0.2, 0.25) is 0 Å². The summed E-state index contributed by atoms with van der Waals surface area (Å²) in [6, 6.07) is 7.71. The van der Waals surface area contributed by atoms with E-state index in [-0.39, 0.29) is 24.0 Å². The Bertz CT molecular complexity index is 780. The van der Waals surface area contributed by atoms with Crippen LogP contribution in [0.3, 0.4) is 0 Å². The maximum atomic E-state index is 11.5. The van der Waals surface area contributed by atoms with Crippen LogP contribution in [0.4, 0.5) is 0 Å². The van der Waals surface area contributed by atoms with Crippen LogP contribution in [0.5, 0.6) is 5.75 Å². The zero-order valence-corrected chi connectivity index (χ0v) is 21.1. The van der Waals surface area contributed by atoms with E-state index in [0.717, 1.165) is 31.5 Å². The number of nitrogens with one attached hydrogen (secondary N) is 2. The molecule has 0 spiro atoms. The van der Waals surface area contributed by atoms with Crippen molar-refractivity contribution in [3.8, 4) is 5.75 Å². The Kier molecular flexibility index (Phi) is 10.2. The van der Waals surface area contributed by atoms with Crippen LogP contribution in [0.15, 0.2) is 34.2 Å². The van der Waals surface area contributed by atoms with Gasteiger partial charge in [0.15, 0.2) is 15.8 Å². The summed E-state index contributed by atoms with van der Waals surface area (Å²) < 4.78 is 28.7. The number of likely N-dealkylation sites (tertiary alicyclic amines) is 1. The Hall–Kier alpha value is -1.07. The van der Waals surface area contributed by atoms with Crippen molar-refractivity contribution < 1.29 is 13.2 Å². The molecule has 0 aromatic heterocycles. The summed E-state index contributed by atoms with van der Waals surface area (Å²) in [7, 11) is -3.18. The number of aliphatic imine (C=N–C) groups is 1. The summed E-state index contributed by atoms with van der Waals surface area (Å²) in [5, 5.41) is 6.88. The van der Waals surface area contributed by atoms with Crippen LogP contribution in [0, 0.1) is 0 Å². The normalized spacial score (nSPS) is 20.7. The van der Waals surface area contributed by atoms with E-state index in [0.29, 0.717) is 29.8 Å². The topological polar surface area (TPSA) is 83.0 Å². The standard InChI is InChI=1S/C21H34N4O3S.HI/c1-3-22-21(24-17-12-14-25(16-17)18-6-4-5-7-18)23-13-15-28-19-8-10-20(11-9-19)29(2,26)27;/h8-11,17-18H,3-7,12-16H2,1-2H3,(H2,22,23,24);1H. The molecule has 0 amide bonds. The van der Waals surface area contributed by atoms with Crippen molar-refractivity contribution in [2.75, 3.05) is 39.0 Å². The van der Waals surface area contributed by atoms with E-state index in [1.807, 2.05) is 0 Å². The van der Waals surface area contributed by atoms with Gasteiger partial charge in [-0.05, 0) is 50.5 Å². The lowest BCUT2D eigenvalue weighted by Crippen LogP contribution is -2.45. The van der Waals surface area contributed by atoms with E-state index >= 15 is 0 Å². The summed E-state index contributed by atoms with van der Waals surface area (Å²) in [5.74, 6) is 1.48. The Morgan fingerprint density at radius 1 is 1.20 bits per heavy atom. The van der Waals surface area contributed by atoms with Gasteiger partial charge >= 0.3 is 0 Å². The van der Waals surface area contributed by atoms with Gasteiger partial charge in [-0.3, -0.25) is 4.90 Å². The summed E-state index contributed by atoms with van der Waals surface area (Å²) in [5.41, 5.74) is 0. The average Bonchev–Trinajstić information content (AvgIpc) is 3.36. The van der Waals surface area contributed by atoms with Crippen LogP contribution in [0.25, 0.3) is 0 Å². The van der Waals surface area contributed by atoms with Gasteiger partial charge in [-0.1, -0.05) is 12.8 Å². The van der Waals surface area contributed by atoms with Gasteiger partial charge in [0.25, 0.3) is 0 Å². The zero-order chi connectivity index (χ0) is 20.7. The Labute approximate surface area is 198 Å². The first kappa shape index (κ1) is 25.2. The zero-order valence-electron chi connectivity index (χ0n) is 18.0. The van der Waals surface area contributed by atoms with Gasteiger partial charge in [0.05, 0.1) is 11.4 Å². The van der Waals surface area contributed by atoms with Crippen molar-refractivity contribution in [1.29, 1.82) is 0 Å². The van der Waals surface area contributed by atoms with Gasteiger partial charge in [0.1, 0.15) is 12.4 Å². The molecule has 0 radical (unpaired) electrons. The van der Waals surface area contributed by atoms with Gasteiger partial charge in [-0.2, -0.15) is 0 Å². The number of halogens is 1. The Morgan fingerprint density at radius 3 is 2.53 bits per heavy atom. The Morgan fingerprint density at radius 2 is 1.90 bits per heavy atom. The molecule has 2 fully saturated rings. The average molecular weight is 551 g/mol. The molecule has 2 N–H and O–H groups in total. The summed E-state index contributed by atoms with van der Waals surface area (Å²) in [6.07, 6.45) is 7.81. The van der Waals surface area contributed by atoms with Crippen molar-refractivity contribution >= 4 is 39.8 Å². The van der Waals surface area contributed by atoms with Crippen LogP contribution in [0.1, 0.15) is 39.0 Å². The first-order chi connectivity index (χ1) is 14.0. The van der Waals surface area contributed by atoms with Gasteiger partial charge in [-0.25, -0.2) is 13.4 Å². The minimum atomic E-state index is -3.18. The van der Waals surface area contributed by atoms with Crippen molar-refractivity contribution in [1.82, 2.24) is 15.5 Å². The maximum absolute atomic E-state index is 11.5. The molecule has 30 heavy (non-hydrogen) atoms. The van der Waals surface area contributed by atoms with Crippen LogP contribution in [-0.4, -0.2) is 70.4 Å². The molecule has 9 heteroatoms. The Balaban J connectivity index is 0.00000320. The van der Waals surface area contributed by atoms with E-state index in [4.69, 9.17) is 4.74 Å². The highest BCUT2D eigenvalue weighted by Crippen LogP contribution is 2.26. The molecule has 1 atom stereocenters. The third kappa shape index (κ3) is 7.56. The minimum Gasteiger partial charge on any atom is -0.492 e. The highest BCUT2D eigenvalue weighted by atomic mass is 127. The van der Waals surface area contributed by atoms with E-state index in [1.165, 1.54) is 38.5 Å². The SMILES string of the molecule is CCNC(=NCCOc1ccc(S(C)(=O)=O)cc1)NC1CCN(C2CCCC2)C1.I. The molecule has 1 saturated heterocycles. The third-order valence-corrected chi connectivity index (χ3v) is 6.76. The number of rotatable bonds is 8. The van der Waals surface area contributed by atoms with Crippen molar-refractivity contribution in [3.05, 3.63) is 24.3 Å². The van der Waals surface area contributed by atoms with Gasteiger partial charge < -0.3 is 15.4 Å². The lowest BCUT2D eigenvalue weighted by atomic mass is 10.2. The van der Waals surface area contributed by atoms with E-state index in [9.17, 15) is 8.42 Å². The first-order valence-electron chi connectivity index (χ1n) is 10.7. The summed E-state index contributed by atoms with van der Waals surface area (Å²) in [4.78, 5) is 7.56. The van der Waals surface area contributed by atoms with Crippen LogP contribution < -0.4 is 15.4 Å². The van der Waals surface area contributed by atoms with Crippen molar-refractivity contribution in [2.45, 2.75) is 56.0 Å². The van der Waals surface area contributed by atoms with Gasteiger partial charge in [-0.15, -0.1) is 24.0 Å². The van der Waals surface area contributed by atoms with E-state index in [1.54, 1.807) is 24.3 Å². The second kappa shape index (κ2) is 12.1. The monoisotopic (exact) mass is 550 g/mol. The molecule has 1 unspecified atom stereocenters. The van der Waals surface area contributed by atoms with Crippen molar-refractivity contribution in [3.63, 3.8) is 0 Å². The molecule has 1 aliphatic carbocycles. The number of guanidine groups is 1. The molecule has 0 bridgehead atoms. The highest BCUT2D eigenvalue weighted by Gasteiger charge is 2.30. The van der Waals surface area contributed by atoms with E-state index < -0.39 is 9.84 Å². The number of hydrogen-bond donors (Lipinski definition) is 2. The lowest BCUT2D eigenvalue weighted by molar-refractivity contribution is 0.242. The fraction of sp³-hybridized carbons (Fsp3) is 0.667. The number of hydrogen-bond acceptors (Lipinski definition) is 5. The number of sulfone groups is 1. The molecule has 1 saturated carbocycles. The third-order valence-electron chi connectivity index (χ3n) is 5.63. The predicted octanol–water partition coefficient (Wildman–Crippen LogP) is 2.66. The maximum Gasteiger partial charge on any atom is 0.191 e. The molecule has 1 heterocycles. The lowest BCUT2D eigenvalue weighted by Gasteiger charge is -2.24. The molecular formula is C21H35IN4O3S. The molecule has 7 nitrogen and oxygen atoms in total. The molecular weight excluding hydrogens is 515 g/mol. The second-order valence-electron chi connectivity index (χ2n) is 7.92. The molecule has 170 valence electrons. The summed E-state index contributed by atoms with van der Waals surface area (Å²) >= 11 is 0. The minimum absolute atomic E-state index is 0. The summed E-state index contributed by atoms with van der Waals surface area (Å²) in [6.45, 7) is 6.12. The van der Waals surface area contributed by atoms with Crippen LogP contribution in [-0.2, 0) is 9.84 Å². The fourth-order valence-corrected chi connectivity index (χ4v) is 4.75. The van der Waals surface area contributed by atoms with Gasteiger partial charge in [0, 0.05) is 38.0 Å². The van der Waals surface area contributed by atoms with Crippen LogP contribution >= 0.6 is 24.0 Å². The molecule has 1 aromatic carbocycles. The first-order valence-corrected chi connectivity index (χ1v) is 12.6. The van der Waals surface area contributed by atoms with E-state index in [2.05, 4.69) is 27.4 Å². The quantitative estimate of drug-likeness (QED) is 0.224. The van der Waals surface area contributed by atoms with Crippen LogP contribution in [0.2, 0.25) is 0 Å². The second-order valence-corrected chi connectivity index (χ2v) is 9.93. The molecule has 3 rings (SSSR count). The molecule has 2 aliphatic rings. The number of ether oxygens (including phenoxy) is 1. The van der Waals surface area contributed by atoms with Crippen molar-refractivity contribution in [2.24, 2.45) is 4.99 Å². The predicted molar refractivity (Wildman–Crippen MR) is 132 cm³/mol. The smallest absolute Gasteiger partial charge is 0.191 e. The fourth-order valence-electron chi connectivity index (χ4n) is 4.12. The number of benzene rings is 1. The largest absolute Gasteiger partial charge is 0.492 e. The molecule has 1 aliphatic heterocycles. The number of nitrogens with zero attached hydrogens (tertiary/aromatic N) is 2. The highest BCUT2D eigenvalue weighted by molar-refractivity contribution is 14.0.